The summed E-state index contributed by atoms with van der Waals surface area (Å²) in [7, 11) is 0. The van der Waals surface area contributed by atoms with Crippen molar-refractivity contribution in [2.24, 2.45) is 0 Å². The third-order valence-electron chi connectivity index (χ3n) is 4.00. The molecule has 0 saturated heterocycles. The second kappa shape index (κ2) is 4.82. The van der Waals surface area contributed by atoms with Crippen LogP contribution in [0, 0.1) is 0 Å². The zero-order chi connectivity index (χ0) is 13.3. The van der Waals surface area contributed by atoms with Gasteiger partial charge in [0.1, 0.15) is 5.41 Å². The molecule has 1 aromatic carbocycles. The Morgan fingerprint density at radius 1 is 1.05 bits per heavy atom. The van der Waals surface area contributed by atoms with Crippen LogP contribution in [0.4, 0.5) is 0 Å². The van der Waals surface area contributed by atoms with Crippen molar-refractivity contribution in [2.75, 3.05) is 0 Å². The summed E-state index contributed by atoms with van der Waals surface area (Å²) in [6, 6.07) is 14.2. The number of carboxylic acid groups (broad SMARTS) is 1. The topological polar surface area (TPSA) is 37.3 Å². The normalized spacial score (nSPS) is 17.5. The van der Waals surface area contributed by atoms with Crippen LogP contribution < -0.4 is 0 Å². The molecule has 2 nitrogen and oxygen atoms in total. The standard InChI is InChI=1S/C16H16O2S/c17-15(18)16(10-4-5-11-16)14-9-8-13(19-14)12-6-2-1-3-7-12/h1-3,6-9H,4-5,10-11H2,(H,17,18). The number of hydrogen-bond acceptors (Lipinski definition) is 2. The van der Waals surface area contributed by atoms with E-state index in [1.54, 1.807) is 11.3 Å². The first-order chi connectivity index (χ1) is 9.22. The molecule has 1 N–H and O–H groups in total. The van der Waals surface area contributed by atoms with Crippen molar-refractivity contribution in [1.82, 2.24) is 0 Å². The van der Waals surface area contributed by atoms with E-state index in [1.807, 2.05) is 24.3 Å². The van der Waals surface area contributed by atoms with E-state index in [0.717, 1.165) is 41.0 Å². The molecule has 3 rings (SSSR count). The first kappa shape index (κ1) is 12.4. The molecule has 0 aliphatic heterocycles. The molecule has 1 aromatic heterocycles. The predicted octanol–water partition coefficient (Wildman–Crippen LogP) is 4.31. The molecule has 1 aliphatic rings. The zero-order valence-electron chi connectivity index (χ0n) is 10.6. The van der Waals surface area contributed by atoms with Gasteiger partial charge in [0.2, 0.25) is 0 Å². The van der Waals surface area contributed by atoms with Crippen molar-refractivity contribution in [3.63, 3.8) is 0 Å². The second-order valence-corrected chi connectivity index (χ2v) is 6.21. The van der Waals surface area contributed by atoms with Gasteiger partial charge in [0.15, 0.2) is 0 Å². The fraction of sp³-hybridized carbons (Fsp3) is 0.312. The molecule has 1 heterocycles. The lowest BCUT2D eigenvalue weighted by Gasteiger charge is -2.21. The lowest BCUT2D eigenvalue weighted by Crippen LogP contribution is -2.31. The fourth-order valence-electron chi connectivity index (χ4n) is 2.90. The largest absolute Gasteiger partial charge is 0.481 e. The van der Waals surface area contributed by atoms with Crippen LogP contribution >= 0.6 is 11.3 Å². The average Bonchev–Trinajstić information content (AvgIpc) is 3.09. The summed E-state index contributed by atoms with van der Waals surface area (Å²) in [4.78, 5) is 13.8. The number of thiophene rings is 1. The van der Waals surface area contributed by atoms with E-state index in [1.165, 1.54) is 0 Å². The first-order valence-electron chi connectivity index (χ1n) is 6.61. The molecule has 1 saturated carbocycles. The van der Waals surface area contributed by atoms with Crippen LogP contribution in [-0.2, 0) is 10.2 Å². The van der Waals surface area contributed by atoms with Crippen molar-refractivity contribution in [1.29, 1.82) is 0 Å². The highest BCUT2D eigenvalue weighted by molar-refractivity contribution is 7.15. The molecule has 0 spiro atoms. The van der Waals surface area contributed by atoms with E-state index in [0.29, 0.717) is 0 Å². The molecular weight excluding hydrogens is 256 g/mol. The van der Waals surface area contributed by atoms with Crippen LogP contribution in [0.1, 0.15) is 30.6 Å². The summed E-state index contributed by atoms with van der Waals surface area (Å²) < 4.78 is 0. The Kier molecular flexibility index (Phi) is 3.15. The minimum atomic E-state index is -0.661. The van der Waals surface area contributed by atoms with Gasteiger partial charge in [-0.3, -0.25) is 4.79 Å². The van der Waals surface area contributed by atoms with E-state index in [2.05, 4.69) is 18.2 Å². The molecule has 0 atom stereocenters. The summed E-state index contributed by atoms with van der Waals surface area (Å²) in [5.41, 5.74) is 0.537. The Hall–Kier alpha value is -1.61. The van der Waals surface area contributed by atoms with Crippen molar-refractivity contribution < 1.29 is 9.90 Å². The molecule has 0 unspecified atom stereocenters. The molecule has 2 aromatic rings. The number of rotatable bonds is 3. The summed E-state index contributed by atoms with van der Waals surface area (Å²) >= 11 is 1.63. The lowest BCUT2D eigenvalue weighted by molar-refractivity contribution is -0.143. The van der Waals surface area contributed by atoms with Crippen LogP contribution in [0.25, 0.3) is 10.4 Å². The highest BCUT2D eigenvalue weighted by atomic mass is 32.1. The van der Waals surface area contributed by atoms with Gasteiger partial charge in [-0.25, -0.2) is 0 Å². The number of carbonyl (C=O) groups is 1. The Morgan fingerprint density at radius 3 is 2.37 bits per heavy atom. The van der Waals surface area contributed by atoms with Crippen molar-refractivity contribution in [3.05, 3.63) is 47.3 Å². The van der Waals surface area contributed by atoms with Crippen LogP contribution in [-0.4, -0.2) is 11.1 Å². The monoisotopic (exact) mass is 272 g/mol. The first-order valence-corrected chi connectivity index (χ1v) is 7.43. The van der Waals surface area contributed by atoms with Gasteiger partial charge in [-0.2, -0.15) is 0 Å². The number of aliphatic carboxylic acids is 1. The summed E-state index contributed by atoms with van der Waals surface area (Å²) in [5, 5.41) is 9.60. The van der Waals surface area contributed by atoms with Crippen molar-refractivity contribution in [2.45, 2.75) is 31.1 Å². The van der Waals surface area contributed by atoms with E-state index < -0.39 is 11.4 Å². The number of benzene rings is 1. The van der Waals surface area contributed by atoms with E-state index >= 15 is 0 Å². The smallest absolute Gasteiger partial charge is 0.314 e. The molecule has 3 heteroatoms. The summed E-state index contributed by atoms with van der Waals surface area (Å²) in [6.07, 6.45) is 3.59. The summed E-state index contributed by atoms with van der Waals surface area (Å²) in [6.45, 7) is 0. The third kappa shape index (κ3) is 2.08. The van der Waals surface area contributed by atoms with Gasteiger partial charge in [-0.15, -0.1) is 11.3 Å². The third-order valence-corrected chi connectivity index (χ3v) is 5.34. The zero-order valence-corrected chi connectivity index (χ0v) is 11.5. The highest BCUT2D eigenvalue weighted by Gasteiger charge is 2.44. The molecule has 0 radical (unpaired) electrons. The van der Waals surface area contributed by atoms with Gasteiger partial charge in [-0.1, -0.05) is 43.2 Å². The Bertz CT molecular complexity index is 580. The Balaban J connectivity index is 1.99. The Morgan fingerprint density at radius 2 is 1.74 bits per heavy atom. The minimum Gasteiger partial charge on any atom is -0.481 e. The Labute approximate surface area is 116 Å². The minimum absolute atomic E-state index is 0.627. The van der Waals surface area contributed by atoms with Gasteiger partial charge in [-0.05, 0) is 30.5 Å². The predicted molar refractivity (Wildman–Crippen MR) is 77.5 cm³/mol. The molecule has 1 aliphatic carbocycles. The van der Waals surface area contributed by atoms with Crippen molar-refractivity contribution in [3.8, 4) is 10.4 Å². The highest BCUT2D eigenvalue weighted by Crippen LogP contribution is 2.45. The van der Waals surface area contributed by atoms with Gasteiger partial charge in [0.05, 0.1) is 0 Å². The van der Waals surface area contributed by atoms with Gasteiger partial charge in [0.25, 0.3) is 0 Å². The van der Waals surface area contributed by atoms with Crippen LogP contribution in [0.3, 0.4) is 0 Å². The molecular formula is C16H16O2S. The maximum atomic E-state index is 11.7. The lowest BCUT2D eigenvalue weighted by atomic mass is 9.85. The molecule has 98 valence electrons. The molecule has 1 fully saturated rings. The number of hydrogen-bond donors (Lipinski definition) is 1. The fourth-order valence-corrected chi connectivity index (χ4v) is 4.15. The van der Waals surface area contributed by atoms with Gasteiger partial charge < -0.3 is 5.11 Å². The number of carboxylic acids is 1. The molecule has 0 amide bonds. The maximum Gasteiger partial charge on any atom is 0.314 e. The van der Waals surface area contributed by atoms with Gasteiger partial charge >= 0.3 is 5.97 Å². The van der Waals surface area contributed by atoms with E-state index in [-0.39, 0.29) is 0 Å². The molecule has 19 heavy (non-hydrogen) atoms. The summed E-state index contributed by atoms with van der Waals surface area (Å²) in [5.74, 6) is -0.661. The van der Waals surface area contributed by atoms with Crippen LogP contribution in [0.5, 0.6) is 0 Å². The molecule has 0 bridgehead atoms. The second-order valence-electron chi connectivity index (χ2n) is 5.12. The average molecular weight is 272 g/mol. The van der Waals surface area contributed by atoms with Crippen molar-refractivity contribution >= 4 is 17.3 Å². The quantitative estimate of drug-likeness (QED) is 0.904. The SMILES string of the molecule is O=C(O)C1(c2ccc(-c3ccccc3)s2)CCCC1. The van der Waals surface area contributed by atoms with E-state index in [4.69, 9.17) is 0 Å². The van der Waals surface area contributed by atoms with Crippen LogP contribution in [0.15, 0.2) is 42.5 Å². The van der Waals surface area contributed by atoms with E-state index in [9.17, 15) is 9.90 Å². The van der Waals surface area contributed by atoms with Crippen LogP contribution in [0.2, 0.25) is 0 Å². The van der Waals surface area contributed by atoms with Gasteiger partial charge in [0, 0.05) is 9.75 Å². The maximum absolute atomic E-state index is 11.7.